The van der Waals surface area contributed by atoms with Crippen molar-refractivity contribution in [3.8, 4) is 0 Å². The summed E-state index contributed by atoms with van der Waals surface area (Å²) in [6.45, 7) is -0.103. The SMILES string of the molecule is CO[C@@H]1O[C@@H](CO)[C@@H]2O[C@@H]2[C@@H]1O. The van der Waals surface area contributed by atoms with E-state index in [0.29, 0.717) is 0 Å². The molecule has 0 aliphatic carbocycles. The second-order valence-corrected chi connectivity index (χ2v) is 3.02. The van der Waals surface area contributed by atoms with E-state index in [0.717, 1.165) is 0 Å². The summed E-state index contributed by atoms with van der Waals surface area (Å²) >= 11 is 0. The van der Waals surface area contributed by atoms with Crippen LogP contribution in [0.2, 0.25) is 0 Å². The van der Waals surface area contributed by atoms with Gasteiger partial charge in [-0.05, 0) is 0 Å². The van der Waals surface area contributed by atoms with Crippen LogP contribution in [0.1, 0.15) is 0 Å². The van der Waals surface area contributed by atoms with Crippen molar-refractivity contribution in [2.75, 3.05) is 13.7 Å². The van der Waals surface area contributed by atoms with Crippen LogP contribution in [0.5, 0.6) is 0 Å². The van der Waals surface area contributed by atoms with Crippen LogP contribution in [0.3, 0.4) is 0 Å². The van der Waals surface area contributed by atoms with Gasteiger partial charge in [-0.15, -0.1) is 0 Å². The summed E-state index contributed by atoms with van der Waals surface area (Å²) in [5.41, 5.74) is 0. The average molecular weight is 176 g/mol. The Hall–Kier alpha value is -0.200. The zero-order valence-corrected chi connectivity index (χ0v) is 6.71. The third kappa shape index (κ3) is 1.14. The minimum atomic E-state index is -0.734. The summed E-state index contributed by atoms with van der Waals surface area (Å²) in [4.78, 5) is 0. The van der Waals surface area contributed by atoms with Crippen LogP contribution < -0.4 is 0 Å². The number of ether oxygens (including phenoxy) is 3. The lowest BCUT2D eigenvalue weighted by Gasteiger charge is -2.28. The fraction of sp³-hybridized carbons (Fsp3) is 1.00. The van der Waals surface area contributed by atoms with Gasteiger partial charge in [0.05, 0.1) is 6.61 Å². The van der Waals surface area contributed by atoms with E-state index in [2.05, 4.69) is 0 Å². The summed E-state index contributed by atoms with van der Waals surface area (Å²) in [6, 6.07) is 0. The highest BCUT2D eigenvalue weighted by molar-refractivity contribution is 5.01. The van der Waals surface area contributed by atoms with Crippen LogP contribution in [0, 0.1) is 0 Å². The maximum atomic E-state index is 9.44. The number of aliphatic hydroxyl groups is 2. The molecule has 0 radical (unpaired) electrons. The highest BCUT2D eigenvalue weighted by Crippen LogP contribution is 2.37. The number of aliphatic hydroxyl groups excluding tert-OH is 2. The molecule has 0 bridgehead atoms. The predicted octanol–water partition coefficient (Wildman–Crippen LogP) is -1.52. The molecule has 0 amide bonds. The molecule has 0 aromatic heterocycles. The largest absolute Gasteiger partial charge is 0.394 e. The van der Waals surface area contributed by atoms with Crippen LogP contribution in [0.25, 0.3) is 0 Å². The molecule has 5 atom stereocenters. The van der Waals surface area contributed by atoms with E-state index in [-0.39, 0.29) is 24.9 Å². The Kier molecular flexibility index (Phi) is 2.05. The number of hydrogen-bond donors (Lipinski definition) is 2. The number of methoxy groups -OCH3 is 1. The van der Waals surface area contributed by atoms with Gasteiger partial charge in [0.15, 0.2) is 6.29 Å². The van der Waals surface area contributed by atoms with Crippen LogP contribution in [0.4, 0.5) is 0 Å². The lowest BCUT2D eigenvalue weighted by molar-refractivity contribution is -0.223. The van der Waals surface area contributed by atoms with Crippen LogP contribution >= 0.6 is 0 Å². The molecule has 0 aromatic carbocycles. The first-order chi connectivity index (χ1) is 5.77. The van der Waals surface area contributed by atoms with Gasteiger partial charge >= 0.3 is 0 Å². The molecule has 0 saturated carbocycles. The van der Waals surface area contributed by atoms with Gasteiger partial charge in [0.2, 0.25) is 0 Å². The molecule has 2 fully saturated rings. The van der Waals surface area contributed by atoms with E-state index < -0.39 is 12.4 Å². The Morgan fingerprint density at radius 1 is 1.33 bits per heavy atom. The predicted molar refractivity (Wildman–Crippen MR) is 37.4 cm³/mol. The molecule has 2 rings (SSSR count). The Labute approximate surface area is 69.8 Å². The van der Waals surface area contributed by atoms with E-state index in [1.54, 1.807) is 0 Å². The van der Waals surface area contributed by atoms with Crippen molar-refractivity contribution in [1.82, 2.24) is 0 Å². The highest BCUT2D eigenvalue weighted by atomic mass is 16.7. The van der Waals surface area contributed by atoms with Crippen molar-refractivity contribution in [1.29, 1.82) is 0 Å². The number of fused-ring (bicyclic) bond motifs is 1. The molecule has 5 nitrogen and oxygen atoms in total. The first kappa shape index (κ1) is 8.40. The second kappa shape index (κ2) is 2.93. The van der Waals surface area contributed by atoms with Gasteiger partial charge in [0.25, 0.3) is 0 Å². The quantitative estimate of drug-likeness (QED) is 0.500. The number of rotatable bonds is 2. The normalized spacial score (nSPS) is 51.8. The molecule has 0 unspecified atom stereocenters. The third-order valence-electron chi connectivity index (χ3n) is 2.26. The van der Waals surface area contributed by atoms with Gasteiger partial charge in [-0.3, -0.25) is 0 Å². The minimum absolute atomic E-state index is 0.103. The smallest absolute Gasteiger partial charge is 0.186 e. The second-order valence-electron chi connectivity index (χ2n) is 3.02. The maximum absolute atomic E-state index is 9.44. The van der Waals surface area contributed by atoms with Crippen molar-refractivity contribution < 1.29 is 24.4 Å². The van der Waals surface area contributed by atoms with Crippen LogP contribution in [0.15, 0.2) is 0 Å². The van der Waals surface area contributed by atoms with E-state index in [1.165, 1.54) is 7.11 Å². The zero-order valence-electron chi connectivity index (χ0n) is 6.71. The van der Waals surface area contributed by atoms with Gasteiger partial charge in [-0.25, -0.2) is 0 Å². The first-order valence-corrected chi connectivity index (χ1v) is 3.90. The molecule has 0 spiro atoms. The summed E-state index contributed by atoms with van der Waals surface area (Å²) in [5.74, 6) is 0. The summed E-state index contributed by atoms with van der Waals surface area (Å²) < 4.78 is 15.2. The minimum Gasteiger partial charge on any atom is -0.394 e. The Morgan fingerprint density at radius 2 is 2.08 bits per heavy atom. The molecular formula is C7H12O5. The fourth-order valence-corrected chi connectivity index (χ4v) is 1.54. The van der Waals surface area contributed by atoms with E-state index in [1.807, 2.05) is 0 Å². The third-order valence-corrected chi connectivity index (χ3v) is 2.26. The van der Waals surface area contributed by atoms with Crippen molar-refractivity contribution in [2.24, 2.45) is 0 Å². The van der Waals surface area contributed by atoms with Crippen molar-refractivity contribution in [3.63, 3.8) is 0 Å². The topological polar surface area (TPSA) is 71.5 Å². The Bertz CT molecular complexity index is 173. The molecule has 2 saturated heterocycles. The maximum Gasteiger partial charge on any atom is 0.186 e. The Morgan fingerprint density at radius 3 is 2.67 bits per heavy atom. The number of epoxide rings is 1. The van der Waals surface area contributed by atoms with Crippen molar-refractivity contribution >= 4 is 0 Å². The molecule has 2 aliphatic heterocycles. The van der Waals surface area contributed by atoms with Gasteiger partial charge < -0.3 is 24.4 Å². The average Bonchev–Trinajstić information content (AvgIpc) is 2.85. The van der Waals surface area contributed by atoms with E-state index in [9.17, 15) is 5.11 Å². The van der Waals surface area contributed by atoms with E-state index in [4.69, 9.17) is 19.3 Å². The monoisotopic (exact) mass is 176 g/mol. The number of hydrogen-bond acceptors (Lipinski definition) is 5. The molecule has 12 heavy (non-hydrogen) atoms. The highest BCUT2D eigenvalue weighted by Gasteiger charge is 2.57. The lowest BCUT2D eigenvalue weighted by Crippen LogP contribution is -2.47. The van der Waals surface area contributed by atoms with E-state index >= 15 is 0 Å². The standard InChI is InChI=1S/C7H12O5/c1-10-7-4(9)6-5(12-6)3(2-8)11-7/h3-9H,2H2,1H3/t3-,4-,5-,6+,7+/m0/s1. The van der Waals surface area contributed by atoms with Gasteiger partial charge in [-0.1, -0.05) is 0 Å². The molecule has 2 aliphatic rings. The summed E-state index contributed by atoms with van der Waals surface area (Å²) in [6.07, 6.45) is -2.14. The fourth-order valence-electron chi connectivity index (χ4n) is 1.54. The van der Waals surface area contributed by atoms with Gasteiger partial charge in [-0.2, -0.15) is 0 Å². The van der Waals surface area contributed by atoms with Crippen LogP contribution in [-0.2, 0) is 14.2 Å². The lowest BCUT2D eigenvalue weighted by atomic mass is 10.1. The molecule has 5 heteroatoms. The van der Waals surface area contributed by atoms with Crippen molar-refractivity contribution in [2.45, 2.75) is 30.7 Å². The summed E-state index contributed by atoms with van der Waals surface area (Å²) in [5, 5.41) is 18.3. The molecule has 0 aromatic rings. The van der Waals surface area contributed by atoms with Crippen LogP contribution in [-0.4, -0.2) is 54.6 Å². The molecular weight excluding hydrogens is 164 g/mol. The van der Waals surface area contributed by atoms with Crippen molar-refractivity contribution in [3.05, 3.63) is 0 Å². The molecule has 70 valence electrons. The molecule has 2 heterocycles. The Balaban J connectivity index is 2.01. The first-order valence-electron chi connectivity index (χ1n) is 3.90. The van der Waals surface area contributed by atoms with Gasteiger partial charge in [0.1, 0.15) is 24.4 Å². The summed E-state index contributed by atoms with van der Waals surface area (Å²) in [7, 11) is 1.45. The molecule has 2 N–H and O–H groups in total. The van der Waals surface area contributed by atoms with Gasteiger partial charge in [0, 0.05) is 7.11 Å². The zero-order chi connectivity index (χ0) is 8.72.